The monoisotopic (exact) mass is 282 g/mol. The molecule has 2 rings (SSSR count). The highest BCUT2D eigenvalue weighted by Gasteiger charge is 2.33. The first kappa shape index (κ1) is 14.5. The number of sulfonamides is 1. The Morgan fingerprint density at radius 1 is 1.26 bits per heavy atom. The van der Waals surface area contributed by atoms with Crippen LogP contribution in [0.5, 0.6) is 0 Å². The molecule has 0 radical (unpaired) electrons. The molecule has 0 aromatic heterocycles. The third kappa shape index (κ3) is 2.83. The van der Waals surface area contributed by atoms with Gasteiger partial charge < -0.3 is 5.73 Å². The van der Waals surface area contributed by atoms with Crippen molar-refractivity contribution in [3.8, 4) is 0 Å². The lowest BCUT2D eigenvalue weighted by Crippen LogP contribution is -2.48. The Morgan fingerprint density at radius 3 is 2.53 bits per heavy atom. The summed E-state index contributed by atoms with van der Waals surface area (Å²) in [6.07, 6.45) is 1.46. The Morgan fingerprint density at radius 2 is 1.95 bits per heavy atom. The standard InChI is InChI=1S/C14H22N2O2S/c1-10-4-5-14(8-11(10)2)19(17,18)16-7-6-13(15)9-12(16)3/h4-5,8,12-13H,6-7,9,15H2,1-3H3. The van der Waals surface area contributed by atoms with Gasteiger partial charge in [-0.1, -0.05) is 6.07 Å². The number of hydrogen-bond acceptors (Lipinski definition) is 3. The number of nitrogens with zero attached hydrogens (tertiary/aromatic N) is 1. The number of piperidine rings is 1. The van der Waals surface area contributed by atoms with E-state index >= 15 is 0 Å². The molecule has 106 valence electrons. The molecule has 0 saturated carbocycles. The van der Waals surface area contributed by atoms with E-state index in [4.69, 9.17) is 5.73 Å². The summed E-state index contributed by atoms with van der Waals surface area (Å²) in [6, 6.07) is 5.39. The van der Waals surface area contributed by atoms with Crippen LogP contribution in [-0.4, -0.2) is 31.4 Å². The van der Waals surface area contributed by atoms with Gasteiger partial charge in [-0.25, -0.2) is 8.42 Å². The molecule has 2 N–H and O–H groups in total. The summed E-state index contributed by atoms with van der Waals surface area (Å²) >= 11 is 0. The predicted octanol–water partition coefficient (Wildman–Crippen LogP) is 1.80. The Bertz CT molecular complexity index is 569. The second-order valence-corrected chi connectivity index (χ2v) is 7.39. The van der Waals surface area contributed by atoms with Crippen molar-refractivity contribution in [1.82, 2.24) is 4.31 Å². The van der Waals surface area contributed by atoms with Gasteiger partial charge in [0.05, 0.1) is 4.90 Å². The molecule has 19 heavy (non-hydrogen) atoms. The fourth-order valence-corrected chi connectivity index (χ4v) is 4.30. The highest BCUT2D eigenvalue weighted by Crippen LogP contribution is 2.25. The Kier molecular flexibility index (Phi) is 3.99. The van der Waals surface area contributed by atoms with Crippen molar-refractivity contribution < 1.29 is 8.42 Å². The van der Waals surface area contributed by atoms with Gasteiger partial charge in [-0.3, -0.25) is 0 Å². The summed E-state index contributed by atoms with van der Waals surface area (Å²) in [7, 11) is -3.40. The normalized spacial score (nSPS) is 25.5. The first-order chi connectivity index (χ1) is 8.82. The molecule has 0 bridgehead atoms. The lowest BCUT2D eigenvalue weighted by molar-refractivity contribution is 0.247. The van der Waals surface area contributed by atoms with Crippen molar-refractivity contribution in [2.75, 3.05) is 6.54 Å². The molecule has 1 saturated heterocycles. The molecule has 0 spiro atoms. The predicted molar refractivity (Wildman–Crippen MR) is 76.5 cm³/mol. The molecule has 1 aromatic rings. The first-order valence-electron chi connectivity index (χ1n) is 6.67. The topological polar surface area (TPSA) is 63.4 Å². The lowest BCUT2D eigenvalue weighted by Gasteiger charge is -2.35. The van der Waals surface area contributed by atoms with Crippen LogP contribution in [-0.2, 0) is 10.0 Å². The third-order valence-corrected chi connectivity index (χ3v) is 5.95. The van der Waals surface area contributed by atoms with Gasteiger partial charge in [0.15, 0.2) is 0 Å². The van der Waals surface area contributed by atoms with Crippen molar-refractivity contribution >= 4 is 10.0 Å². The van der Waals surface area contributed by atoms with E-state index in [-0.39, 0.29) is 12.1 Å². The zero-order chi connectivity index (χ0) is 14.2. The summed E-state index contributed by atoms with van der Waals surface area (Å²) in [6.45, 7) is 6.35. The van der Waals surface area contributed by atoms with Crippen molar-refractivity contribution in [1.29, 1.82) is 0 Å². The first-order valence-corrected chi connectivity index (χ1v) is 8.11. The van der Waals surface area contributed by atoms with Crippen LogP contribution in [0, 0.1) is 13.8 Å². The van der Waals surface area contributed by atoms with Crippen molar-refractivity contribution in [3.63, 3.8) is 0 Å². The largest absolute Gasteiger partial charge is 0.328 e. The van der Waals surface area contributed by atoms with E-state index in [1.54, 1.807) is 16.4 Å². The van der Waals surface area contributed by atoms with E-state index in [1.807, 2.05) is 26.8 Å². The van der Waals surface area contributed by atoms with Gasteiger partial charge in [0, 0.05) is 18.6 Å². The molecule has 4 nitrogen and oxygen atoms in total. The summed E-state index contributed by atoms with van der Waals surface area (Å²) in [5.74, 6) is 0. The zero-order valence-corrected chi connectivity index (χ0v) is 12.6. The molecular formula is C14H22N2O2S. The maximum Gasteiger partial charge on any atom is 0.243 e. The molecule has 1 fully saturated rings. The maximum absolute atomic E-state index is 12.7. The van der Waals surface area contributed by atoms with Gasteiger partial charge in [-0.05, 0) is 56.9 Å². The average Bonchev–Trinajstić information content (AvgIpc) is 2.32. The van der Waals surface area contributed by atoms with E-state index in [1.165, 1.54) is 0 Å². The van der Waals surface area contributed by atoms with Crippen LogP contribution >= 0.6 is 0 Å². The summed E-state index contributed by atoms with van der Waals surface area (Å²) in [4.78, 5) is 0.387. The fraction of sp³-hybridized carbons (Fsp3) is 0.571. The summed E-state index contributed by atoms with van der Waals surface area (Å²) in [5, 5.41) is 0. The van der Waals surface area contributed by atoms with Crippen LogP contribution in [0.2, 0.25) is 0 Å². The number of nitrogens with two attached hydrogens (primary N) is 1. The van der Waals surface area contributed by atoms with E-state index in [9.17, 15) is 8.42 Å². The molecule has 1 heterocycles. The highest BCUT2D eigenvalue weighted by atomic mass is 32.2. The lowest BCUT2D eigenvalue weighted by atomic mass is 10.0. The van der Waals surface area contributed by atoms with E-state index < -0.39 is 10.0 Å². The second kappa shape index (κ2) is 5.23. The van der Waals surface area contributed by atoms with Crippen molar-refractivity contribution in [2.45, 2.75) is 50.6 Å². The number of hydrogen-bond donors (Lipinski definition) is 1. The Labute approximate surface area is 115 Å². The Hall–Kier alpha value is -0.910. The van der Waals surface area contributed by atoms with E-state index in [0.717, 1.165) is 24.0 Å². The summed E-state index contributed by atoms with van der Waals surface area (Å²) < 4.78 is 26.9. The zero-order valence-electron chi connectivity index (χ0n) is 11.8. The minimum absolute atomic E-state index is 0.0321. The molecule has 1 aromatic carbocycles. The number of benzene rings is 1. The van der Waals surface area contributed by atoms with Gasteiger partial charge in [0.25, 0.3) is 0 Å². The molecule has 2 atom stereocenters. The van der Waals surface area contributed by atoms with Gasteiger partial charge in [-0.2, -0.15) is 4.31 Å². The van der Waals surface area contributed by atoms with Crippen LogP contribution in [0.3, 0.4) is 0 Å². The molecular weight excluding hydrogens is 260 g/mol. The smallest absolute Gasteiger partial charge is 0.243 e. The van der Waals surface area contributed by atoms with Crippen LogP contribution in [0.1, 0.15) is 30.9 Å². The highest BCUT2D eigenvalue weighted by molar-refractivity contribution is 7.89. The molecule has 0 amide bonds. The SMILES string of the molecule is Cc1ccc(S(=O)(=O)N2CCC(N)CC2C)cc1C. The second-order valence-electron chi connectivity index (χ2n) is 5.50. The molecule has 0 aliphatic carbocycles. The maximum atomic E-state index is 12.7. The molecule has 1 aliphatic rings. The van der Waals surface area contributed by atoms with Crippen molar-refractivity contribution in [2.24, 2.45) is 5.73 Å². The van der Waals surface area contributed by atoms with Crippen LogP contribution in [0.4, 0.5) is 0 Å². The number of rotatable bonds is 2. The van der Waals surface area contributed by atoms with Crippen LogP contribution in [0.15, 0.2) is 23.1 Å². The minimum atomic E-state index is -3.40. The van der Waals surface area contributed by atoms with Crippen molar-refractivity contribution in [3.05, 3.63) is 29.3 Å². The quantitative estimate of drug-likeness (QED) is 0.899. The molecule has 5 heteroatoms. The summed E-state index contributed by atoms with van der Waals surface area (Å²) in [5.41, 5.74) is 8.00. The van der Waals surface area contributed by atoms with E-state index in [2.05, 4.69) is 0 Å². The van der Waals surface area contributed by atoms with Gasteiger partial charge in [0.2, 0.25) is 10.0 Å². The van der Waals surface area contributed by atoms with Gasteiger partial charge in [-0.15, -0.1) is 0 Å². The molecule has 1 aliphatic heterocycles. The third-order valence-electron chi connectivity index (χ3n) is 3.94. The van der Waals surface area contributed by atoms with Gasteiger partial charge in [0.1, 0.15) is 0 Å². The Balaban J connectivity index is 2.34. The molecule has 2 unspecified atom stereocenters. The van der Waals surface area contributed by atoms with Crippen LogP contribution in [0.25, 0.3) is 0 Å². The number of aryl methyl sites for hydroxylation is 2. The fourth-order valence-electron chi connectivity index (χ4n) is 2.55. The van der Waals surface area contributed by atoms with Crippen LogP contribution < -0.4 is 5.73 Å². The minimum Gasteiger partial charge on any atom is -0.328 e. The van der Waals surface area contributed by atoms with Gasteiger partial charge >= 0.3 is 0 Å². The van der Waals surface area contributed by atoms with E-state index in [0.29, 0.717) is 11.4 Å². The average molecular weight is 282 g/mol.